The van der Waals surface area contributed by atoms with Gasteiger partial charge in [-0.2, -0.15) is 0 Å². The lowest BCUT2D eigenvalue weighted by atomic mass is 9.75. The summed E-state index contributed by atoms with van der Waals surface area (Å²) >= 11 is 0. The van der Waals surface area contributed by atoms with E-state index >= 15 is 0 Å². The Bertz CT molecular complexity index is 2130. The van der Waals surface area contributed by atoms with E-state index in [2.05, 4.69) is 10.6 Å². The van der Waals surface area contributed by atoms with E-state index in [0.717, 1.165) is 0 Å². The molecular weight excluding hydrogens is 660 g/mol. The molecule has 4 aromatic carbocycles. The number of rotatable bonds is 7. The molecule has 0 saturated carbocycles. The number of anilines is 2. The van der Waals surface area contributed by atoms with Gasteiger partial charge in [-0.15, -0.1) is 0 Å². The molecular formula is C42H40N2O8. The molecule has 0 fully saturated rings. The van der Waals surface area contributed by atoms with Crippen LogP contribution in [0.25, 0.3) is 33.4 Å². The third-order valence-corrected chi connectivity index (χ3v) is 9.45. The van der Waals surface area contributed by atoms with Gasteiger partial charge in [0.25, 0.3) is 0 Å². The molecule has 2 aliphatic carbocycles. The lowest BCUT2D eigenvalue weighted by Crippen LogP contribution is -2.20. The molecule has 6 rings (SSSR count). The van der Waals surface area contributed by atoms with Crippen LogP contribution in [0.15, 0.2) is 84.6 Å². The molecule has 52 heavy (non-hydrogen) atoms. The molecule has 2 aliphatic rings. The number of aromatic hydroxyl groups is 4. The van der Waals surface area contributed by atoms with Gasteiger partial charge in [-0.3, -0.25) is 9.59 Å². The molecule has 0 unspecified atom stereocenters. The first-order valence-corrected chi connectivity index (χ1v) is 16.8. The number of phenolic OH excluding ortho intramolecular Hbond substituents is 4. The topological polar surface area (TPSA) is 180 Å². The highest BCUT2D eigenvalue weighted by Crippen LogP contribution is 2.53. The first-order chi connectivity index (χ1) is 24.6. The lowest BCUT2D eigenvalue weighted by molar-refractivity contribution is -0.113. The van der Waals surface area contributed by atoms with Gasteiger partial charge in [-0.05, 0) is 96.5 Å². The first kappa shape index (κ1) is 35.4. The van der Waals surface area contributed by atoms with Gasteiger partial charge in [0.2, 0.25) is 11.6 Å². The Kier molecular flexibility index (Phi) is 9.10. The number of hydrogen-bond acceptors (Lipinski definition) is 10. The Morgan fingerprint density at radius 3 is 1.15 bits per heavy atom. The first-order valence-electron chi connectivity index (χ1n) is 16.8. The smallest absolute Gasteiger partial charge is 0.229 e. The third kappa shape index (κ3) is 5.91. The Balaban J connectivity index is 1.62. The van der Waals surface area contributed by atoms with E-state index in [9.17, 15) is 40.2 Å². The maximum Gasteiger partial charge on any atom is 0.229 e. The third-order valence-electron chi connectivity index (χ3n) is 9.45. The summed E-state index contributed by atoms with van der Waals surface area (Å²) in [7, 11) is 0. The average Bonchev–Trinajstić information content (AvgIpc) is 3.08. The fourth-order valence-corrected chi connectivity index (χ4v) is 7.05. The minimum atomic E-state index is -0.711. The molecule has 0 saturated heterocycles. The average molecular weight is 701 g/mol. The number of aliphatic hydroxyl groups excluding tert-OH is 2. The van der Waals surface area contributed by atoms with Gasteiger partial charge >= 0.3 is 0 Å². The predicted molar refractivity (Wildman–Crippen MR) is 203 cm³/mol. The molecule has 10 heteroatoms. The number of carbonyl (C=O) groups excluding carboxylic acids is 2. The van der Waals surface area contributed by atoms with Crippen molar-refractivity contribution in [1.29, 1.82) is 0 Å². The van der Waals surface area contributed by atoms with E-state index in [1.807, 2.05) is 27.7 Å². The summed E-state index contributed by atoms with van der Waals surface area (Å²) in [6.45, 7) is 10.8. The zero-order chi connectivity index (χ0) is 37.8. The second-order valence-corrected chi connectivity index (χ2v) is 13.7. The van der Waals surface area contributed by atoms with Gasteiger partial charge in [-0.1, -0.05) is 39.8 Å². The summed E-state index contributed by atoms with van der Waals surface area (Å²) < 4.78 is 0. The molecule has 10 nitrogen and oxygen atoms in total. The molecule has 0 radical (unpaired) electrons. The number of phenols is 4. The number of carbonyl (C=O) groups is 2. The van der Waals surface area contributed by atoms with Gasteiger partial charge in [0.05, 0.1) is 11.1 Å². The van der Waals surface area contributed by atoms with Crippen molar-refractivity contribution in [3.8, 4) is 34.1 Å². The van der Waals surface area contributed by atoms with Crippen molar-refractivity contribution in [3.63, 3.8) is 0 Å². The number of aliphatic hydroxyl groups is 2. The highest BCUT2D eigenvalue weighted by molar-refractivity contribution is 6.35. The Morgan fingerprint density at radius 2 is 0.846 bits per heavy atom. The van der Waals surface area contributed by atoms with Crippen molar-refractivity contribution in [1.82, 2.24) is 0 Å². The van der Waals surface area contributed by atoms with E-state index in [0.29, 0.717) is 44.8 Å². The molecule has 0 amide bonds. The maximum absolute atomic E-state index is 13.8. The van der Waals surface area contributed by atoms with Gasteiger partial charge in [0.1, 0.15) is 23.0 Å². The minimum Gasteiger partial charge on any atom is -0.508 e. The van der Waals surface area contributed by atoms with Crippen LogP contribution >= 0.6 is 0 Å². The Morgan fingerprint density at radius 1 is 0.519 bits per heavy atom. The zero-order valence-electron chi connectivity index (χ0n) is 29.6. The number of fused-ring (bicyclic) bond motifs is 2. The van der Waals surface area contributed by atoms with Gasteiger partial charge in [0.15, 0.2) is 11.5 Å². The van der Waals surface area contributed by atoms with E-state index in [-0.39, 0.29) is 68.2 Å². The van der Waals surface area contributed by atoms with Gasteiger partial charge in [-0.25, -0.2) is 0 Å². The number of Topliss-reactive ketones (excluding diaryl/α,β-unsaturated/α-hetero) is 2. The summed E-state index contributed by atoms with van der Waals surface area (Å²) in [5.41, 5.74) is 4.42. The zero-order valence-corrected chi connectivity index (χ0v) is 29.6. The summed E-state index contributed by atoms with van der Waals surface area (Å²) in [5.74, 6) is -3.43. The van der Waals surface area contributed by atoms with E-state index in [1.54, 1.807) is 50.2 Å². The molecule has 0 bridgehead atoms. The number of benzene rings is 4. The van der Waals surface area contributed by atoms with Crippen molar-refractivity contribution in [2.45, 2.75) is 41.5 Å². The van der Waals surface area contributed by atoms with Crippen LogP contribution < -0.4 is 10.6 Å². The molecule has 0 spiro atoms. The Labute approximate surface area is 301 Å². The van der Waals surface area contributed by atoms with Crippen LogP contribution in [0.2, 0.25) is 0 Å². The molecule has 4 aromatic rings. The van der Waals surface area contributed by atoms with Crippen LogP contribution in [-0.2, 0) is 9.59 Å². The molecule has 266 valence electrons. The van der Waals surface area contributed by atoms with E-state index in [1.165, 1.54) is 36.7 Å². The molecule has 0 aliphatic heterocycles. The molecule has 0 atom stereocenters. The summed E-state index contributed by atoms with van der Waals surface area (Å²) in [5, 5.41) is 72.4. The number of ketones is 2. The van der Waals surface area contributed by atoms with Crippen LogP contribution in [0.4, 0.5) is 11.4 Å². The quantitative estimate of drug-likeness (QED) is 0.0686. The summed E-state index contributed by atoms with van der Waals surface area (Å²) in [6, 6.07) is 15.8. The summed E-state index contributed by atoms with van der Waals surface area (Å²) in [6.07, 6.45) is 2.77. The fraction of sp³-hybridized carbons (Fsp3) is 0.190. The number of nitrogens with one attached hydrogen (secondary N) is 2. The summed E-state index contributed by atoms with van der Waals surface area (Å²) in [4.78, 5) is 27.6. The van der Waals surface area contributed by atoms with E-state index in [4.69, 9.17) is 0 Å². The predicted octanol–water partition coefficient (Wildman–Crippen LogP) is 8.71. The normalized spacial score (nSPS) is 15.9. The van der Waals surface area contributed by atoms with Crippen molar-refractivity contribution in [3.05, 3.63) is 118 Å². The van der Waals surface area contributed by atoms with Crippen LogP contribution in [0, 0.1) is 25.7 Å². The second kappa shape index (κ2) is 13.4. The molecule has 0 heterocycles. The van der Waals surface area contributed by atoms with Crippen LogP contribution in [0.3, 0.4) is 0 Å². The van der Waals surface area contributed by atoms with Crippen molar-refractivity contribution < 1.29 is 40.2 Å². The SMILES string of the molecule is Cc1cc2c(c(O)c1-c1c(C)cc3c(c1O)C(=CNc1ccc(O)cc1)C(=O)C(O)=C3C(C)C)C(=CNc1ccc(O)cc1)C(=O)C(O)=C2C(C)C. The van der Waals surface area contributed by atoms with Crippen LogP contribution in [0.5, 0.6) is 23.0 Å². The van der Waals surface area contributed by atoms with E-state index < -0.39 is 23.1 Å². The van der Waals surface area contributed by atoms with Gasteiger partial charge in [0, 0.05) is 57.2 Å². The fourth-order valence-electron chi connectivity index (χ4n) is 7.05. The number of hydrogen-bond donors (Lipinski definition) is 8. The monoisotopic (exact) mass is 700 g/mol. The second-order valence-electron chi connectivity index (χ2n) is 13.7. The van der Waals surface area contributed by atoms with Gasteiger partial charge < -0.3 is 41.3 Å². The largest absolute Gasteiger partial charge is 0.508 e. The number of aryl methyl sites for hydroxylation is 2. The van der Waals surface area contributed by atoms with Crippen molar-refractivity contribution in [2.75, 3.05) is 10.6 Å². The lowest BCUT2D eigenvalue weighted by Gasteiger charge is -2.29. The molecule has 8 N–H and O–H groups in total. The standard InChI is InChI=1S/C42H40N2O8/c1-19(2)31-27-15-21(5)33(39(49)35(27)29(37(47)41(31)51)17-43-23-7-11-25(45)12-8-23)34-22(6)16-28-32(20(3)4)42(52)38(48)30(36(28)40(34)50)18-44-24-9-13-26(46)14-10-24/h7-20,43-46,49-52H,1-6H3. The molecule has 0 aromatic heterocycles. The van der Waals surface area contributed by atoms with Crippen molar-refractivity contribution >= 4 is 45.2 Å². The van der Waals surface area contributed by atoms with Crippen LogP contribution in [0.1, 0.15) is 61.1 Å². The van der Waals surface area contributed by atoms with Crippen molar-refractivity contribution in [2.24, 2.45) is 11.8 Å². The van der Waals surface area contributed by atoms with Crippen LogP contribution in [-0.4, -0.2) is 42.2 Å². The highest BCUT2D eigenvalue weighted by Gasteiger charge is 2.38. The number of allylic oxidation sites excluding steroid dienone is 4. The Hall–Kier alpha value is -6.42. The highest BCUT2D eigenvalue weighted by atomic mass is 16.3. The maximum atomic E-state index is 13.8. The minimum absolute atomic E-state index is 0.0253.